The molecule has 2 aromatic carbocycles. The van der Waals surface area contributed by atoms with Gasteiger partial charge in [0, 0.05) is 0 Å². The third-order valence-corrected chi connectivity index (χ3v) is 5.28. The molecule has 0 spiro atoms. The number of aliphatic carboxylic acids is 1. The van der Waals surface area contributed by atoms with E-state index in [1.807, 2.05) is 49.4 Å². The summed E-state index contributed by atoms with van der Waals surface area (Å²) in [5, 5.41) is 11.8. The Morgan fingerprint density at radius 3 is 2.34 bits per heavy atom. The minimum absolute atomic E-state index is 0.380. The molecule has 2 aromatic rings. The Morgan fingerprint density at radius 2 is 1.76 bits per heavy atom. The van der Waals surface area contributed by atoms with Gasteiger partial charge in [-0.25, -0.2) is 4.79 Å². The average Bonchev–Trinajstić information content (AvgIpc) is 2.68. The summed E-state index contributed by atoms with van der Waals surface area (Å²) in [5.41, 5.74) is 2.67. The van der Waals surface area contributed by atoms with E-state index in [9.17, 15) is 23.1 Å². The standard InChI is InChI=1S/C21H25NO6S/c1-2-3-8-16-11-7-12-17(15-9-5-4-6-10-15)19(16)20(23)22-18(21(24)25)13-14-29(26,27)28/h4-7,9-12,18H,2-3,8,13-14H2,1H3,(H,22,23)(H,24,25)(H,26,27,28)/t18-/m0/s1. The van der Waals surface area contributed by atoms with Crippen LogP contribution in [0.5, 0.6) is 0 Å². The van der Waals surface area contributed by atoms with E-state index in [1.54, 1.807) is 6.07 Å². The average molecular weight is 419 g/mol. The van der Waals surface area contributed by atoms with Crippen molar-refractivity contribution in [3.8, 4) is 11.1 Å². The molecular formula is C21H25NO6S. The van der Waals surface area contributed by atoms with Crippen molar-refractivity contribution in [2.24, 2.45) is 0 Å². The Kier molecular flexibility index (Phi) is 7.92. The van der Waals surface area contributed by atoms with E-state index in [0.29, 0.717) is 17.5 Å². The van der Waals surface area contributed by atoms with Crippen molar-refractivity contribution in [1.82, 2.24) is 5.32 Å². The van der Waals surface area contributed by atoms with E-state index < -0.39 is 40.2 Å². The van der Waals surface area contributed by atoms with Crippen LogP contribution in [-0.4, -0.2) is 41.7 Å². The monoisotopic (exact) mass is 419 g/mol. The Balaban J connectivity index is 2.41. The molecule has 0 aliphatic heterocycles. The number of benzene rings is 2. The minimum Gasteiger partial charge on any atom is -0.480 e. The number of amides is 1. The molecule has 0 aliphatic carbocycles. The van der Waals surface area contributed by atoms with Gasteiger partial charge in [0.05, 0.1) is 11.3 Å². The second kappa shape index (κ2) is 10.2. The highest BCUT2D eigenvalue weighted by Crippen LogP contribution is 2.27. The second-order valence-corrected chi connectivity index (χ2v) is 8.32. The maximum atomic E-state index is 13.1. The van der Waals surface area contributed by atoms with E-state index in [0.717, 1.165) is 24.0 Å². The van der Waals surface area contributed by atoms with Crippen LogP contribution >= 0.6 is 0 Å². The summed E-state index contributed by atoms with van der Waals surface area (Å²) in [6, 6.07) is 13.3. The first kappa shape index (κ1) is 22.6. The highest BCUT2D eigenvalue weighted by atomic mass is 32.2. The quantitative estimate of drug-likeness (QED) is 0.509. The van der Waals surface area contributed by atoms with Crippen molar-refractivity contribution in [1.29, 1.82) is 0 Å². The molecule has 0 radical (unpaired) electrons. The van der Waals surface area contributed by atoms with Crippen LogP contribution in [0.2, 0.25) is 0 Å². The lowest BCUT2D eigenvalue weighted by molar-refractivity contribution is -0.139. The summed E-state index contributed by atoms with van der Waals surface area (Å²) in [7, 11) is -4.34. The number of hydrogen-bond acceptors (Lipinski definition) is 4. The van der Waals surface area contributed by atoms with E-state index >= 15 is 0 Å². The van der Waals surface area contributed by atoms with Crippen LogP contribution in [0.15, 0.2) is 48.5 Å². The molecule has 0 aromatic heterocycles. The lowest BCUT2D eigenvalue weighted by Gasteiger charge is -2.18. The SMILES string of the molecule is CCCCc1cccc(-c2ccccc2)c1C(=O)N[C@@H](CCS(=O)(=O)O)C(=O)O. The van der Waals surface area contributed by atoms with Crippen molar-refractivity contribution in [2.75, 3.05) is 5.75 Å². The third kappa shape index (κ3) is 6.69. The summed E-state index contributed by atoms with van der Waals surface area (Å²) >= 11 is 0. The van der Waals surface area contributed by atoms with Crippen LogP contribution < -0.4 is 5.32 Å². The molecule has 156 valence electrons. The number of carboxylic acids is 1. The molecule has 0 unspecified atom stereocenters. The van der Waals surface area contributed by atoms with Crippen molar-refractivity contribution in [3.63, 3.8) is 0 Å². The van der Waals surface area contributed by atoms with Gasteiger partial charge in [-0.3, -0.25) is 9.35 Å². The molecule has 2 rings (SSSR count). The summed E-state index contributed by atoms with van der Waals surface area (Å²) in [6.07, 6.45) is 2.02. The second-order valence-electron chi connectivity index (χ2n) is 6.75. The predicted octanol–water partition coefficient (Wildman–Crippen LogP) is 3.16. The Morgan fingerprint density at radius 1 is 1.07 bits per heavy atom. The zero-order chi connectivity index (χ0) is 21.4. The smallest absolute Gasteiger partial charge is 0.326 e. The van der Waals surface area contributed by atoms with Gasteiger partial charge in [-0.2, -0.15) is 8.42 Å². The highest BCUT2D eigenvalue weighted by molar-refractivity contribution is 7.85. The first-order valence-electron chi connectivity index (χ1n) is 9.39. The Hall–Kier alpha value is -2.71. The predicted molar refractivity (Wildman–Crippen MR) is 110 cm³/mol. The lowest BCUT2D eigenvalue weighted by atomic mass is 9.92. The number of rotatable bonds is 10. The fraction of sp³-hybridized carbons (Fsp3) is 0.333. The number of carbonyl (C=O) groups excluding carboxylic acids is 1. The van der Waals surface area contributed by atoms with E-state index in [2.05, 4.69) is 5.32 Å². The van der Waals surface area contributed by atoms with Crippen molar-refractivity contribution in [3.05, 3.63) is 59.7 Å². The van der Waals surface area contributed by atoms with Gasteiger partial charge in [0.2, 0.25) is 0 Å². The molecule has 0 saturated carbocycles. The molecule has 0 saturated heterocycles. The summed E-state index contributed by atoms with van der Waals surface area (Å²) < 4.78 is 30.9. The van der Waals surface area contributed by atoms with Crippen molar-refractivity contribution >= 4 is 22.0 Å². The van der Waals surface area contributed by atoms with E-state index in [-0.39, 0.29) is 0 Å². The molecule has 3 N–H and O–H groups in total. The normalized spacial score (nSPS) is 12.3. The van der Waals surface area contributed by atoms with E-state index in [1.165, 1.54) is 0 Å². The largest absolute Gasteiger partial charge is 0.480 e. The molecule has 0 bridgehead atoms. The third-order valence-electron chi connectivity index (χ3n) is 4.53. The van der Waals surface area contributed by atoms with Crippen LogP contribution in [0.4, 0.5) is 0 Å². The Bertz CT molecular complexity index is 956. The number of aryl methyl sites for hydroxylation is 1. The van der Waals surface area contributed by atoms with Gasteiger partial charge in [0.1, 0.15) is 6.04 Å². The van der Waals surface area contributed by atoms with Crippen LogP contribution in [0.1, 0.15) is 42.1 Å². The van der Waals surface area contributed by atoms with Crippen LogP contribution in [0.25, 0.3) is 11.1 Å². The topological polar surface area (TPSA) is 121 Å². The zero-order valence-electron chi connectivity index (χ0n) is 16.2. The zero-order valence-corrected chi connectivity index (χ0v) is 17.0. The Labute approximate surface area is 170 Å². The van der Waals surface area contributed by atoms with Gasteiger partial charge in [-0.05, 0) is 36.0 Å². The fourth-order valence-electron chi connectivity index (χ4n) is 3.06. The van der Waals surface area contributed by atoms with Crippen molar-refractivity contribution in [2.45, 2.75) is 38.6 Å². The first-order valence-corrected chi connectivity index (χ1v) is 11.0. The van der Waals surface area contributed by atoms with Gasteiger partial charge in [-0.1, -0.05) is 61.9 Å². The number of unbranched alkanes of at least 4 members (excludes halogenated alkanes) is 1. The minimum atomic E-state index is -4.34. The molecule has 0 aliphatic rings. The van der Waals surface area contributed by atoms with E-state index in [4.69, 9.17) is 4.55 Å². The highest BCUT2D eigenvalue weighted by Gasteiger charge is 2.25. The molecule has 1 amide bonds. The maximum Gasteiger partial charge on any atom is 0.326 e. The van der Waals surface area contributed by atoms with Gasteiger partial charge in [-0.15, -0.1) is 0 Å². The molecule has 29 heavy (non-hydrogen) atoms. The molecule has 0 fully saturated rings. The van der Waals surface area contributed by atoms with Gasteiger partial charge in [0.15, 0.2) is 0 Å². The molecule has 8 heteroatoms. The van der Waals surface area contributed by atoms with Gasteiger partial charge in [0.25, 0.3) is 16.0 Å². The summed E-state index contributed by atoms with van der Waals surface area (Å²) in [5.74, 6) is -2.71. The molecule has 0 heterocycles. The maximum absolute atomic E-state index is 13.1. The van der Waals surface area contributed by atoms with Crippen LogP contribution in [-0.2, 0) is 21.3 Å². The number of hydrogen-bond donors (Lipinski definition) is 3. The van der Waals surface area contributed by atoms with Gasteiger partial charge < -0.3 is 10.4 Å². The molecule has 7 nitrogen and oxygen atoms in total. The lowest BCUT2D eigenvalue weighted by Crippen LogP contribution is -2.42. The molecule has 1 atom stereocenters. The van der Waals surface area contributed by atoms with Crippen molar-refractivity contribution < 1.29 is 27.7 Å². The summed E-state index contributed by atoms with van der Waals surface area (Å²) in [6.45, 7) is 2.04. The van der Waals surface area contributed by atoms with Gasteiger partial charge >= 0.3 is 5.97 Å². The number of nitrogens with one attached hydrogen (secondary N) is 1. The van der Waals surface area contributed by atoms with Crippen LogP contribution in [0.3, 0.4) is 0 Å². The number of carboxylic acid groups (broad SMARTS) is 1. The summed E-state index contributed by atoms with van der Waals surface area (Å²) in [4.78, 5) is 24.6. The number of carbonyl (C=O) groups is 2. The molecular weight excluding hydrogens is 394 g/mol. The fourth-order valence-corrected chi connectivity index (χ4v) is 3.59. The first-order chi connectivity index (χ1) is 13.7. The van der Waals surface area contributed by atoms with Crippen LogP contribution in [0, 0.1) is 0 Å².